The normalized spacial score (nSPS) is 10.9. The van der Waals surface area contributed by atoms with Crippen molar-refractivity contribution in [1.82, 2.24) is 20.2 Å². The summed E-state index contributed by atoms with van der Waals surface area (Å²) < 4.78 is 15.0. The molecule has 0 fully saturated rings. The van der Waals surface area contributed by atoms with Crippen molar-refractivity contribution >= 4 is 40.3 Å². The van der Waals surface area contributed by atoms with E-state index in [1.165, 1.54) is 12.1 Å². The van der Waals surface area contributed by atoms with E-state index in [1.807, 2.05) is 18.4 Å². The molecule has 29 heavy (non-hydrogen) atoms. The molecule has 3 amide bonds. The summed E-state index contributed by atoms with van der Waals surface area (Å²) in [5.74, 6) is -0.849. The van der Waals surface area contributed by atoms with Crippen molar-refractivity contribution in [2.24, 2.45) is 0 Å². The Kier molecular flexibility index (Phi) is 6.33. The van der Waals surface area contributed by atoms with Crippen LogP contribution in [-0.2, 0) is 6.54 Å². The molecule has 0 saturated heterocycles. The first-order chi connectivity index (χ1) is 13.8. The van der Waals surface area contributed by atoms with Gasteiger partial charge in [-0.3, -0.25) is 4.79 Å². The van der Waals surface area contributed by atoms with Crippen molar-refractivity contribution < 1.29 is 14.0 Å². The van der Waals surface area contributed by atoms with E-state index >= 15 is 0 Å². The van der Waals surface area contributed by atoms with Gasteiger partial charge in [-0.05, 0) is 50.2 Å². The molecule has 0 bridgehead atoms. The van der Waals surface area contributed by atoms with E-state index < -0.39 is 5.82 Å². The Morgan fingerprint density at radius 2 is 2.00 bits per heavy atom. The molecule has 3 aromatic rings. The minimum Gasteiger partial charge on any atom is -0.336 e. The van der Waals surface area contributed by atoms with Gasteiger partial charge in [0.25, 0.3) is 5.91 Å². The molecule has 2 aromatic carbocycles. The van der Waals surface area contributed by atoms with E-state index in [1.54, 1.807) is 24.5 Å². The number of nitrogens with zero attached hydrogens (tertiary/aromatic N) is 2. The van der Waals surface area contributed by atoms with Gasteiger partial charge >= 0.3 is 6.03 Å². The highest BCUT2D eigenvalue weighted by Crippen LogP contribution is 2.23. The van der Waals surface area contributed by atoms with E-state index in [4.69, 9.17) is 11.6 Å². The lowest BCUT2D eigenvalue weighted by Crippen LogP contribution is -2.40. The van der Waals surface area contributed by atoms with Crippen molar-refractivity contribution in [2.75, 3.05) is 11.9 Å². The molecule has 0 saturated carbocycles. The van der Waals surface area contributed by atoms with Gasteiger partial charge in [0.1, 0.15) is 5.82 Å². The van der Waals surface area contributed by atoms with Crippen LogP contribution < -0.4 is 16.0 Å². The summed E-state index contributed by atoms with van der Waals surface area (Å²) in [6.07, 6.45) is 1.66. The van der Waals surface area contributed by atoms with Gasteiger partial charge in [0, 0.05) is 24.7 Å². The number of aromatic nitrogens is 2. The summed E-state index contributed by atoms with van der Waals surface area (Å²) in [5, 5.41) is 8.32. The number of imidazole rings is 1. The van der Waals surface area contributed by atoms with Crippen molar-refractivity contribution in [2.45, 2.75) is 26.4 Å². The minimum atomic E-state index is -0.476. The summed E-state index contributed by atoms with van der Waals surface area (Å²) in [6.45, 7) is 4.76. The second-order valence-electron chi connectivity index (χ2n) is 6.77. The lowest BCUT2D eigenvalue weighted by atomic mass is 10.1. The lowest BCUT2D eigenvalue weighted by molar-refractivity contribution is 0.102. The molecule has 0 aliphatic heterocycles. The van der Waals surface area contributed by atoms with Gasteiger partial charge in [0.15, 0.2) is 0 Å². The van der Waals surface area contributed by atoms with E-state index in [0.717, 1.165) is 11.6 Å². The zero-order valence-electron chi connectivity index (χ0n) is 16.0. The number of urea groups is 1. The van der Waals surface area contributed by atoms with Crippen molar-refractivity contribution in [1.29, 1.82) is 0 Å². The third-order valence-electron chi connectivity index (χ3n) is 4.12. The lowest BCUT2D eigenvalue weighted by Gasteiger charge is -2.11. The monoisotopic (exact) mass is 417 g/mol. The number of carbonyl (C=O) groups is 2. The summed E-state index contributed by atoms with van der Waals surface area (Å²) in [4.78, 5) is 28.4. The first-order valence-electron chi connectivity index (χ1n) is 9.09. The standard InChI is InChI=1S/C20H21ClFN5O2/c1-12(2)25-20(29)23-7-8-27-11-24-17-9-13(3-6-18(17)27)19(28)26-16-5-4-14(22)10-15(16)21/h3-6,9-12H,7-8H2,1-2H3,(H,26,28)(H2,23,25,29). The largest absolute Gasteiger partial charge is 0.336 e. The maximum atomic E-state index is 13.1. The zero-order valence-corrected chi connectivity index (χ0v) is 16.8. The molecule has 0 radical (unpaired) electrons. The highest BCUT2D eigenvalue weighted by molar-refractivity contribution is 6.33. The van der Waals surface area contributed by atoms with Crippen LogP contribution in [0.3, 0.4) is 0 Å². The average Bonchev–Trinajstić information content (AvgIpc) is 3.05. The van der Waals surface area contributed by atoms with Crippen LogP contribution in [0.5, 0.6) is 0 Å². The number of hydrogen-bond acceptors (Lipinski definition) is 3. The summed E-state index contributed by atoms with van der Waals surface area (Å²) in [6, 6.07) is 8.74. The predicted molar refractivity (Wildman–Crippen MR) is 111 cm³/mol. The Balaban J connectivity index is 1.66. The molecule has 7 nitrogen and oxygen atoms in total. The second kappa shape index (κ2) is 8.91. The number of fused-ring (bicyclic) bond motifs is 1. The molecule has 3 rings (SSSR count). The van der Waals surface area contributed by atoms with E-state index in [2.05, 4.69) is 20.9 Å². The molecule has 3 N–H and O–H groups in total. The van der Waals surface area contributed by atoms with E-state index in [0.29, 0.717) is 29.9 Å². The molecule has 0 unspecified atom stereocenters. The number of carbonyl (C=O) groups excluding carboxylic acids is 2. The molecule has 0 aliphatic rings. The molecular weight excluding hydrogens is 397 g/mol. The Labute approximate surface area is 172 Å². The van der Waals surface area contributed by atoms with Crippen LogP contribution in [-0.4, -0.2) is 34.1 Å². The summed E-state index contributed by atoms with van der Waals surface area (Å²) in [5.41, 5.74) is 2.22. The molecule has 9 heteroatoms. The van der Waals surface area contributed by atoms with Gasteiger partial charge in [-0.25, -0.2) is 14.2 Å². The number of nitrogens with one attached hydrogen (secondary N) is 3. The Bertz CT molecular complexity index is 1050. The van der Waals surface area contributed by atoms with Gasteiger partial charge in [-0.15, -0.1) is 0 Å². The smallest absolute Gasteiger partial charge is 0.315 e. The second-order valence-corrected chi connectivity index (χ2v) is 7.18. The molecule has 152 valence electrons. The highest BCUT2D eigenvalue weighted by atomic mass is 35.5. The van der Waals surface area contributed by atoms with E-state index in [-0.39, 0.29) is 23.0 Å². The molecule has 0 spiro atoms. The molecular formula is C20H21ClFN5O2. The van der Waals surface area contributed by atoms with Crippen molar-refractivity contribution in [3.05, 3.63) is 59.1 Å². The van der Waals surface area contributed by atoms with Gasteiger partial charge < -0.3 is 20.5 Å². The Hall–Kier alpha value is -3.13. The van der Waals surface area contributed by atoms with Gasteiger partial charge in [0.05, 0.1) is 28.1 Å². The molecule has 1 heterocycles. The topological polar surface area (TPSA) is 88.1 Å². The highest BCUT2D eigenvalue weighted by Gasteiger charge is 2.12. The van der Waals surface area contributed by atoms with Crippen molar-refractivity contribution in [3.8, 4) is 0 Å². The summed E-state index contributed by atoms with van der Waals surface area (Å²) in [7, 11) is 0. The van der Waals surface area contributed by atoms with Crippen LogP contribution in [0.4, 0.5) is 14.9 Å². The number of amides is 3. The maximum absolute atomic E-state index is 13.1. The third-order valence-corrected chi connectivity index (χ3v) is 4.43. The van der Waals surface area contributed by atoms with Crippen molar-refractivity contribution in [3.63, 3.8) is 0 Å². The number of hydrogen-bond donors (Lipinski definition) is 3. The Morgan fingerprint density at radius 3 is 2.72 bits per heavy atom. The molecule has 1 aromatic heterocycles. The van der Waals surface area contributed by atoms with Crippen LogP contribution in [0.25, 0.3) is 11.0 Å². The molecule has 0 aliphatic carbocycles. The summed E-state index contributed by atoms with van der Waals surface area (Å²) >= 11 is 5.95. The quantitative estimate of drug-likeness (QED) is 0.570. The number of rotatable bonds is 6. The van der Waals surface area contributed by atoms with Crippen LogP contribution in [0, 0.1) is 5.82 Å². The number of anilines is 1. The number of benzene rings is 2. The minimum absolute atomic E-state index is 0.0680. The zero-order chi connectivity index (χ0) is 21.0. The molecule has 0 atom stereocenters. The van der Waals surface area contributed by atoms with Crippen LogP contribution in [0.1, 0.15) is 24.2 Å². The van der Waals surface area contributed by atoms with Crippen LogP contribution in [0.2, 0.25) is 5.02 Å². The maximum Gasteiger partial charge on any atom is 0.315 e. The predicted octanol–water partition coefficient (Wildman–Crippen LogP) is 3.79. The van der Waals surface area contributed by atoms with Gasteiger partial charge in [-0.2, -0.15) is 0 Å². The van der Waals surface area contributed by atoms with Crippen LogP contribution >= 0.6 is 11.6 Å². The SMILES string of the molecule is CC(C)NC(=O)NCCn1cnc2cc(C(=O)Nc3ccc(F)cc3Cl)ccc21. The van der Waals surface area contributed by atoms with Gasteiger partial charge in [-0.1, -0.05) is 11.6 Å². The number of halogens is 2. The van der Waals surface area contributed by atoms with E-state index in [9.17, 15) is 14.0 Å². The first-order valence-corrected chi connectivity index (χ1v) is 9.47. The third kappa shape index (κ3) is 5.23. The fourth-order valence-corrected chi connectivity index (χ4v) is 2.99. The van der Waals surface area contributed by atoms with Gasteiger partial charge in [0.2, 0.25) is 0 Å². The Morgan fingerprint density at radius 1 is 1.21 bits per heavy atom. The average molecular weight is 418 g/mol. The first kappa shape index (κ1) is 20.6. The van der Waals surface area contributed by atoms with Crippen LogP contribution in [0.15, 0.2) is 42.7 Å². The fraction of sp³-hybridized carbons (Fsp3) is 0.250. The fourth-order valence-electron chi connectivity index (χ4n) is 2.77.